The molecule has 2 rings (SSSR count). The molecule has 1 saturated carbocycles. The highest BCUT2D eigenvalue weighted by atomic mass is 19.1. The molecule has 0 spiro atoms. The molecule has 190 valence electrons. The van der Waals surface area contributed by atoms with Crippen molar-refractivity contribution in [2.24, 2.45) is 5.41 Å². The molecule has 1 fully saturated rings. The second-order valence-electron chi connectivity index (χ2n) is 7.53. The van der Waals surface area contributed by atoms with Crippen LogP contribution in [0, 0.1) is 18.2 Å². The predicted molar refractivity (Wildman–Crippen MR) is 129 cm³/mol. The van der Waals surface area contributed by atoms with Gasteiger partial charge in [0.1, 0.15) is 17.3 Å². The number of carbonyl (C=O) groups excluding carboxylic acids is 1. The number of hydrogen-bond donors (Lipinski definition) is 5. The van der Waals surface area contributed by atoms with Crippen LogP contribution in [0.3, 0.4) is 0 Å². The number of hydrogen-bond acceptors (Lipinski definition) is 6. The SMILES string of the molecule is C/C(F)=C\C(NO)=C(\Nc1ccc(C)cc1F)N(C)C=O.CC.CC1(CCO)CC1.CCO. The van der Waals surface area contributed by atoms with E-state index in [4.69, 9.17) is 15.4 Å². The molecule has 1 amide bonds. The number of aliphatic hydroxyl groups excluding tert-OH is 2. The van der Waals surface area contributed by atoms with Crippen LogP contribution in [0.4, 0.5) is 14.5 Å². The number of aliphatic hydroxyl groups is 2. The highest BCUT2D eigenvalue weighted by molar-refractivity contribution is 5.58. The molecule has 1 aliphatic carbocycles. The summed E-state index contributed by atoms with van der Waals surface area (Å²) in [5, 5.41) is 27.7. The van der Waals surface area contributed by atoms with E-state index in [1.807, 2.05) is 13.8 Å². The number of amides is 1. The van der Waals surface area contributed by atoms with Crippen molar-refractivity contribution in [3.8, 4) is 0 Å². The molecular weight excluding hydrogens is 432 g/mol. The quantitative estimate of drug-likeness (QED) is 0.210. The maximum atomic E-state index is 13.8. The predicted octanol–water partition coefficient (Wildman–Crippen LogP) is 4.85. The largest absolute Gasteiger partial charge is 0.397 e. The van der Waals surface area contributed by atoms with Gasteiger partial charge in [0.2, 0.25) is 6.41 Å². The molecule has 1 aromatic rings. The van der Waals surface area contributed by atoms with Crippen molar-refractivity contribution in [2.75, 3.05) is 25.6 Å². The van der Waals surface area contributed by atoms with Crippen molar-refractivity contribution in [3.05, 3.63) is 53.0 Å². The van der Waals surface area contributed by atoms with E-state index in [0.717, 1.165) is 23.0 Å². The van der Waals surface area contributed by atoms with Crippen LogP contribution in [0.5, 0.6) is 0 Å². The fraction of sp³-hybridized carbons (Fsp3) is 0.542. The number of halogens is 2. The molecule has 0 aromatic heterocycles. The van der Waals surface area contributed by atoms with Crippen LogP contribution in [0.25, 0.3) is 0 Å². The Bertz CT molecular complexity index is 747. The number of allylic oxidation sites excluding steroid dienone is 2. The van der Waals surface area contributed by atoms with Crippen LogP contribution in [-0.4, -0.2) is 47.0 Å². The van der Waals surface area contributed by atoms with Gasteiger partial charge in [-0.05, 0) is 69.2 Å². The lowest BCUT2D eigenvalue weighted by molar-refractivity contribution is -0.115. The van der Waals surface area contributed by atoms with E-state index in [9.17, 15) is 13.6 Å². The van der Waals surface area contributed by atoms with E-state index in [0.29, 0.717) is 18.4 Å². The molecule has 33 heavy (non-hydrogen) atoms. The summed E-state index contributed by atoms with van der Waals surface area (Å²) in [6.07, 6.45) is 5.07. The Morgan fingerprint density at radius 2 is 1.82 bits per heavy atom. The molecule has 1 aromatic carbocycles. The smallest absolute Gasteiger partial charge is 0.215 e. The molecule has 0 atom stereocenters. The summed E-state index contributed by atoms with van der Waals surface area (Å²) in [5.41, 5.74) is 3.02. The summed E-state index contributed by atoms with van der Waals surface area (Å²) in [6, 6.07) is 4.46. The first-order chi connectivity index (χ1) is 15.6. The first-order valence-corrected chi connectivity index (χ1v) is 11.0. The van der Waals surface area contributed by atoms with Crippen molar-refractivity contribution in [2.45, 2.75) is 60.8 Å². The van der Waals surface area contributed by atoms with Gasteiger partial charge in [-0.3, -0.25) is 15.5 Å². The Kier molecular flexibility index (Phi) is 17.8. The van der Waals surface area contributed by atoms with Crippen molar-refractivity contribution in [1.82, 2.24) is 10.4 Å². The van der Waals surface area contributed by atoms with Gasteiger partial charge in [0, 0.05) is 20.3 Å². The summed E-state index contributed by atoms with van der Waals surface area (Å²) in [6.45, 7) is 11.4. The third kappa shape index (κ3) is 14.3. The van der Waals surface area contributed by atoms with Crippen LogP contribution >= 0.6 is 0 Å². The average Bonchev–Trinajstić information content (AvgIpc) is 3.50. The summed E-state index contributed by atoms with van der Waals surface area (Å²) in [5.74, 6) is -1.15. The average molecular weight is 474 g/mol. The van der Waals surface area contributed by atoms with Gasteiger partial charge in [0.05, 0.1) is 11.5 Å². The fourth-order valence-electron chi connectivity index (χ4n) is 2.33. The minimum atomic E-state index is -0.602. The van der Waals surface area contributed by atoms with E-state index in [1.54, 1.807) is 25.4 Å². The molecule has 5 N–H and O–H groups in total. The van der Waals surface area contributed by atoms with Gasteiger partial charge in [0.25, 0.3) is 0 Å². The second kappa shape index (κ2) is 18.0. The number of carbonyl (C=O) groups is 1. The zero-order valence-electron chi connectivity index (χ0n) is 20.9. The molecule has 0 unspecified atom stereocenters. The van der Waals surface area contributed by atoms with Crippen molar-refractivity contribution in [3.63, 3.8) is 0 Å². The van der Waals surface area contributed by atoms with E-state index in [2.05, 4.69) is 12.2 Å². The van der Waals surface area contributed by atoms with E-state index in [-0.39, 0.29) is 23.8 Å². The second-order valence-corrected chi connectivity index (χ2v) is 7.53. The van der Waals surface area contributed by atoms with Crippen LogP contribution in [0.2, 0.25) is 0 Å². The van der Waals surface area contributed by atoms with Crippen molar-refractivity contribution in [1.29, 1.82) is 0 Å². The Balaban J connectivity index is 0. The van der Waals surface area contributed by atoms with Crippen LogP contribution in [-0.2, 0) is 4.79 Å². The molecule has 0 heterocycles. The maximum absolute atomic E-state index is 13.8. The first-order valence-electron chi connectivity index (χ1n) is 11.0. The highest BCUT2D eigenvalue weighted by Crippen LogP contribution is 2.47. The van der Waals surface area contributed by atoms with Crippen molar-refractivity contribution >= 4 is 12.1 Å². The maximum Gasteiger partial charge on any atom is 0.215 e. The Hall–Kier alpha value is -2.49. The highest BCUT2D eigenvalue weighted by Gasteiger charge is 2.35. The Labute approximate surface area is 196 Å². The van der Waals surface area contributed by atoms with Gasteiger partial charge in [-0.15, -0.1) is 0 Å². The van der Waals surface area contributed by atoms with Gasteiger partial charge < -0.3 is 20.4 Å². The number of nitrogens with zero attached hydrogens (tertiary/aromatic N) is 1. The number of hydroxylamine groups is 1. The number of nitrogens with one attached hydrogen (secondary N) is 2. The van der Waals surface area contributed by atoms with Gasteiger partial charge >= 0.3 is 0 Å². The summed E-state index contributed by atoms with van der Waals surface area (Å²) in [7, 11) is 1.38. The fourth-order valence-corrected chi connectivity index (χ4v) is 2.33. The molecule has 0 aliphatic heterocycles. The zero-order valence-corrected chi connectivity index (χ0v) is 20.9. The summed E-state index contributed by atoms with van der Waals surface area (Å²) < 4.78 is 26.8. The zero-order chi connectivity index (χ0) is 26.0. The number of rotatable bonds is 8. The summed E-state index contributed by atoms with van der Waals surface area (Å²) >= 11 is 0. The molecule has 1 aliphatic rings. The normalized spacial score (nSPS) is 14.0. The lowest BCUT2D eigenvalue weighted by Gasteiger charge is -2.21. The molecule has 9 heteroatoms. The molecule has 0 bridgehead atoms. The molecule has 7 nitrogen and oxygen atoms in total. The van der Waals surface area contributed by atoms with Gasteiger partial charge in [-0.2, -0.15) is 0 Å². The minimum Gasteiger partial charge on any atom is -0.397 e. The topological polar surface area (TPSA) is 105 Å². The van der Waals surface area contributed by atoms with Crippen LogP contribution in [0.15, 0.2) is 41.6 Å². The van der Waals surface area contributed by atoms with E-state index < -0.39 is 11.6 Å². The van der Waals surface area contributed by atoms with Gasteiger partial charge in [-0.25, -0.2) is 8.78 Å². The standard InChI is InChI=1S/C14H17F2N3O2.C6H12O.C2H6O.C2H6/c1-9-4-5-12(11(16)6-9)17-14(19(3)8-20)13(18-21)7-10(2)15;1-6(2-3-6)4-5-7;1-2-3;1-2/h4-8,17-18,21H,1-3H3;7H,2-5H2,1H3;3H,2H2,1H3;1-2H3/b10-7+,14-13+;;;. The molecule has 0 saturated heterocycles. The first kappa shape index (κ1) is 32.7. The number of aryl methyl sites for hydroxylation is 1. The minimum absolute atomic E-state index is 0.00717. The van der Waals surface area contributed by atoms with Gasteiger partial charge in [-0.1, -0.05) is 26.8 Å². The number of benzene rings is 1. The van der Waals surface area contributed by atoms with E-state index >= 15 is 0 Å². The van der Waals surface area contributed by atoms with Crippen LogP contribution in [0.1, 0.15) is 59.4 Å². The number of anilines is 1. The van der Waals surface area contributed by atoms with Crippen molar-refractivity contribution < 1.29 is 29.0 Å². The lowest BCUT2D eigenvalue weighted by Crippen LogP contribution is -2.27. The Morgan fingerprint density at radius 1 is 1.27 bits per heavy atom. The summed E-state index contributed by atoms with van der Waals surface area (Å²) in [4.78, 5) is 12.0. The third-order valence-electron chi connectivity index (χ3n) is 4.43. The molecular formula is C24H41F2N3O4. The lowest BCUT2D eigenvalue weighted by atomic mass is 10.1. The van der Waals surface area contributed by atoms with Gasteiger partial charge in [0.15, 0.2) is 0 Å². The Morgan fingerprint density at radius 3 is 2.15 bits per heavy atom. The van der Waals surface area contributed by atoms with Crippen LogP contribution < -0.4 is 10.8 Å². The third-order valence-corrected chi connectivity index (χ3v) is 4.43. The van der Waals surface area contributed by atoms with E-state index in [1.165, 1.54) is 38.9 Å². The molecule has 0 radical (unpaired) electrons. The monoisotopic (exact) mass is 473 g/mol.